The first-order valence-electron chi connectivity index (χ1n) is 10.5. The molecule has 1 amide bonds. The number of piperidine rings is 1. The van der Waals surface area contributed by atoms with Crippen molar-refractivity contribution in [3.63, 3.8) is 0 Å². The second-order valence-corrected chi connectivity index (χ2v) is 7.74. The number of aliphatic imine (C=N–C) groups is 1. The third-order valence-corrected chi connectivity index (χ3v) is 5.32. The summed E-state index contributed by atoms with van der Waals surface area (Å²) in [5, 5.41) is 6.94. The monoisotopic (exact) mass is 536 g/mol. The number of hydrogen-bond donors (Lipinski definition) is 2. The van der Waals surface area contributed by atoms with Crippen LogP contribution in [0.2, 0.25) is 0 Å². The van der Waals surface area contributed by atoms with Crippen molar-refractivity contribution in [1.82, 2.24) is 20.5 Å². The second kappa shape index (κ2) is 12.5. The molecular weight excluding hydrogens is 503 g/mol. The van der Waals surface area contributed by atoms with Crippen molar-refractivity contribution in [2.75, 3.05) is 45.7 Å². The lowest BCUT2D eigenvalue weighted by atomic mass is 10.1. The Morgan fingerprint density at radius 3 is 2.61 bits per heavy atom. The standard InChI is InChI=1S/C23H32N6O.HI/c1-24-23(26-14-10-18-7-6-8-19(17-18)22(30)28(2)3)27-20-11-15-29(16-12-20)21-9-4-5-13-25-21;/h4-9,13,17,20H,10-12,14-16H2,1-3H3,(H2,24,26,27);1H. The molecule has 2 aromatic rings. The van der Waals surface area contributed by atoms with Gasteiger partial charge in [0.05, 0.1) is 0 Å². The lowest BCUT2D eigenvalue weighted by molar-refractivity contribution is 0.0827. The number of hydrogen-bond acceptors (Lipinski definition) is 4. The molecule has 2 heterocycles. The summed E-state index contributed by atoms with van der Waals surface area (Å²) in [6, 6.07) is 14.3. The lowest BCUT2D eigenvalue weighted by Gasteiger charge is -2.33. The Balaban J connectivity index is 0.00000341. The van der Waals surface area contributed by atoms with Crippen LogP contribution in [0, 0.1) is 0 Å². The quantitative estimate of drug-likeness (QED) is 0.338. The first kappa shape index (κ1) is 24.9. The number of halogens is 1. The number of pyridine rings is 1. The van der Waals surface area contributed by atoms with E-state index in [1.165, 1.54) is 0 Å². The molecular formula is C23H33IN6O. The van der Waals surface area contributed by atoms with Crippen LogP contribution in [0.5, 0.6) is 0 Å². The zero-order valence-electron chi connectivity index (χ0n) is 18.5. The van der Waals surface area contributed by atoms with Crippen LogP contribution < -0.4 is 15.5 Å². The number of carbonyl (C=O) groups excluding carboxylic acids is 1. The van der Waals surface area contributed by atoms with Gasteiger partial charge in [-0.15, -0.1) is 24.0 Å². The molecule has 1 aliphatic rings. The SMILES string of the molecule is CN=C(NCCc1cccc(C(=O)N(C)C)c1)NC1CCN(c2ccccn2)CC1.I. The molecule has 0 bridgehead atoms. The number of carbonyl (C=O) groups is 1. The maximum atomic E-state index is 12.1. The van der Waals surface area contributed by atoms with E-state index in [2.05, 4.69) is 37.6 Å². The van der Waals surface area contributed by atoms with Crippen molar-refractivity contribution >= 4 is 41.7 Å². The van der Waals surface area contributed by atoms with E-state index >= 15 is 0 Å². The fourth-order valence-electron chi connectivity index (χ4n) is 3.63. The third-order valence-electron chi connectivity index (χ3n) is 5.32. The Labute approximate surface area is 202 Å². The van der Waals surface area contributed by atoms with Crippen molar-refractivity contribution in [1.29, 1.82) is 0 Å². The maximum Gasteiger partial charge on any atom is 0.253 e. The van der Waals surface area contributed by atoms with Gasteiger partial charge in [0, 0.05) is 58.6 Å². The Bertz CT molecular complexity index is 850. The van der Waals surface area contributed by atoms with E-state index in [1.54, 1.807) is 26.0 Å². The number of amides is 1. The average molecular weight is 536 g/mol. The van der Waals surface area contributed by atoms with Crippen LogP contribution in [0.1, 0.15) is 28.8 Å². The number of rotatable bonds is 6. The topological polar surface area (TPSA) is 72.9 Å². The molecule has 0 saturated carbocycles. The highest BCUT2D eigenvalue weighted by molar-refractivity contribution is 14.0. The van der Waals surface area contributed by atoms with Gasteiger partial charge < -0.3 is 20.4 Å². The molecule has 31 heavy (non-hydrogen) atoms. The third kappa shape index (κ3) is 7.37. The minimum absolute atomic E-state index is 0. The first-order valence-corrected chi connectivity index (χ1v) is 10.5. The fraction of sp³-hybridized carbons (Fsp3) is 0.435. The van der Waals surface area contributed by atoms with Gasteiger partial charge >= 0.3 is 0 Å². The number of anilines is 1. The predicted octanol–water partition coefficient (Wildman–Crippen LogP) is 2.78. The predicted molar refractivity (Wildman–Crippen MR) is 138 cm³/mol. The minimum Gasteiger partial charge on any atom is -0.356 e. The molecule has 0 aliphatic carbocycles. The molecule has 2 N–H and O–H groups in total. The van der Waals surface area contributed by atoms with E-state index in [0.29, 0.717) is 6.04 Å². The van der Waals surface area contributed by atoms with E-state index in [9.17, 15) is 4.79 Å². The van der Waals surface area contributed by atoms with E-state index in [-0.39, 0.29) is 29.9 Å². The van der Waals surface area contributed by atoms with E-state index in [1.807, 2.05) is 36.5 Å². The normalized spacial score (nSPS) is 14.5. The van der Waals surface area contributed by atoms with Crippen LogP contribution in [0.4, 0.5) is 5.82 Å². The van der Waals surface area contributed by atoms with E-state index < -0.39 is 0 Å². The molecule has 0 unspecified atom stereocenters. The fourth-order valence-corrected chi connectivity index (χ4v) is 3.63. The zero-order chi connectivity index (χ0) is 21.3. The van der Waals surface area contributed by atoms with Crippen LogP contribution >= 0.6 is 24.0 Å². The van der Waals surface area contributed by atoms with Gasteiger partial charge in [-0.3, -0.25) is 9.79 Å². The minimum atomic E-state index is 0. The van der Waals surface area contributed by atoms with Gasteiger partial charge in [-0.25, -0.2) is 4.98 Å². The summed E-state index contributed by atoms with van der Waals surface area (Å²) in [4.78, 5) is 24.9. The van der Waals surface area contributed by atoms with Crippen LogP contribution in [-0.4, -0.2) is 68.6 Å². The Hall–Kier alpha value is -2.36. The van der Waals surface area contributed by atoms with Crippen molar-refractivity contribution in [3.05, 3.63) is 59.8 Å². The smallest absolute Gasteiger partial charge is 0.253 e. The first-order chi connectivity index (χ1) is 14.6. The zero-order valence-corrected chi connectivity index (χ0v) is 20.9. The van der Waals surface area contributed by atoms with Crippen molar-refractivity contribution in [2.24, 2.45) is 4.99 Å². The van der Waals surface area contributed by atoms with Gasteiger partial charge in [0.15, 0.2) is 5.96 Å². The largest absolute Gasteiger partial charge is 0.356 e. The number of guanidine groups is 1. The molecule has 1 saturated heterocycles. The molecule has 3 rings (SSSR count). The van der Waals surface area contributed by atoms with Gasteiger partial charge in [0.1, 0.15) is 5.82 Å². The molecule has 1 fully saturated rings. The molecule has 0 spiro atoms. The molecule has 1 aromatic heterocycles. The molecule has 8 heteroatoms. The summed E-state index contributed by atoms with van der Waals surface area (Å²) in [6.07, 6.45) is 4.77. The molecule has 1 aliphatic heterocycles. The summed E-state index contributed by atoms with van der Waals surface area (Å²) >= 11 is 0. The lowest BCUT2D eigenvalue weighted by Crippen LogP contribution is -2.49. The molecule has 168 valence electrons. The number of benzene rings is 1. The van der Waals surface area contributed by atoms with E-state index in [0.717, 1.165) is 61.8 Å². The Morgan fingerprint density at radius 1 is 1.19 bits per heavy atom. The molecule has 1 aromatic carbocycles. The van der Waals surface area contributed by atoms with Crippen LogP contribution in [0.3, 0.4) is 0 Å². The van der Waals surface area contributed by atoms with Gasteiger partial charge in [-0.2, -0.15) is 0 Å². The maximum absolute atomic E-state index is 12.1. The summed E-state index contributed by atoms with van der Waals surface area (Å²) in [5.41, 5.74) is 1.86. The molecule has 0 atom stereocenters. The highest BCUT2D eigenvalue weighted by Crippen LogP contribution is 2.17. The Morgan fingerprint density at radius 2 is 1.97 bits per heavy atom. The van der Waals surface area contributed by atoms with Crippen molar-refractivity contribution in [3.8, 4) is 0 Å². The highest BCUT2D eigenvalue weighted by atomic mass is 127. The van der Waals surface area contributed by atoms with Crippen LogP contribution in [0.25, 0.3) is 0 Å². The van der Waals surface area contributed by atoms with Gasteiger partial charge in [-0.05, 0) is 49.1 Å². The number of nitrogens with one attached hydrogen (secondary N) is 2. The summed E-state index contributed by atoms with van der Waals surface area (Å²) in [7, 11) is 5.34. The van der Waals surface area contributed by atoms with Crippen LogP contribution in [0.15, 0.2) is 53.7 Å². The summed E-state index contributed by atoms with van der Waals surface area (Å²) in [6.45, 7) is 2.73. The van der Waals surface area contributed by atoms with E-state index in [4.69, 9.17) is 0 Å². The Kier molecular flexibility index (Phi) is 10.0. The highest BCUT2D eigenvalue weighted by Gasteiger charge is 2.20. The summed E-state index contributed by atoms with van der Waals surface area (Å²) < 4.78 is 0. The summed E-state index contributed by atoms with van der Waals surface area (Å²) in [5.74, 6) is 1.90. The second-order valence-electron chi connectivity index (χ2n) is 7.74. The number of aromatic nitrogens is 1. The van der Waals surface area contributed by atoms with Crippen molar-refractivity contribution < 1.29 is 4.79 Å². The van der Waals surface area contributed by atoms with Gasteiger partial charge in [-0.1, -0.05) is 18.2 Å². The average Bonchev–Trinajstić information content (AvgIpc) is 2.79. The van der Waals surface area contributed by atoms with Crippen molar-refractivity contribution in [2.45, 2.75) is 25.3 Å². The van der Waals surface area contributed by atoms with Gasteiger partial charge in [0.2, 0.25) is 0 Å². The number of nitrogens with zero attached hydrogens (tertiary/aromatic N) is 4. The molecule has 0 radical (unpaired) electrons. The van der Waals surface area contributed by atoms with Gasteiger partial charge in [0.25, 0.3) is 5.91 Å². The van der Waals surface area contributed by atoms with Crippen LogP contribution in [-0.2, 0) is 6.42 Å². The molecule has 7 nitrogen and oxygen atoms in total.